The number of rotatable bonds is 6. The Morgan fingerprint density at radius 1 is 1.29 bits per heavy atom. The summed E-state index contributed by atoms with van der Waals surface area (Å²) in [4.78, 5) is 0. The molecule has 0 saturated heterocycles. The van der Waals surface area contributed by atoms with Gasteiger partial charge in [0.15, 0.2) is 0 Å². The average Bonchev–Trinajstić information content (AvgIpc) is 2.26. The number of allylic oxidation sites excluding steroid dienone is 1. The summed E-state index contributed by atoms with van der Waals surface area (Å²) in [5.74, 6) is -1.61. The van der Waals surface area contributed by atoms with Crippen LogP contribution in [0.3, 0.4) is 0 Å². The first-order valence-corrected chi connectivity index (χ1v) is 7.00. The fourth-order valence-corrected chi connectivity index (χ4v) is 2.22. The summed E-state index contributed by atoms with van der Waals surface area (Å²) in [5, 5.41) is 0. The zero-order valence-electron chi connectivity index (χ0n) is 11.9. The largest absolute Gasteiger partial charge is 0.249 e. The van der Waals surface area contributed by atoms with Crippen molar-refractivity contribution in [3.05, 3.63) is 12.2 Å². The van der Waals surface area contributed by atoms with E-state index in [-0.39, 0.29) is 18.8 Å². The Balaban J connectivity index is 0.00000121. The second-order valence-corrected chi connectivity index (χ2v) is 5.05. The predicted octanol–water partition coefficient (Wildman–Crippen LogP) is 5.83. The molecule has 1 atom stereocenters. The second-order valence-electron chi connectivity index (χ2n) is 5.05. The Labute approximate surface area is 105 Å². The molecular weight excluding hydrogens is 218 g/mol. The monoisotopic (exact) mass is 246 g/mol. The highest BCUT2D eigenvalue weighted by Gasteiger charge is 2.45. The topological polar surface area (TPSA) is 0 Å². The molecule has 17 heavy (non-hydrogen) atoms. The molecule has 0 nitrogen and oxygen atoms in total. The lowest BCUT2D eigenvalue weighted by Crippen LogP contribution is -2.36. The van der Waals surface area contributed by atoms with Crippen molar-refractivity contribution in [3.8, 4) is 0 Å². The number of halogens is 2. The molecule has 0 spiro atoms. The van der Waals surface area contributed by atoms with Gasteiger partial charge in [-0.2, -0.15) is 0 Å². The predicted molar refractivity (Wildman–Crippen MR) is 71.5 cm³/mol. The molecule has 0 aromatic rings. The normalized spacial score (nSPS) is 19.9. The molecule has 1 saturated carbocycles. The van der Waals surface area contributed by atoms with Gasteiger partial charge >= 0.3 is 0 Å². The van der Waals surface area contributed by atoms with E-state index in [2.05, 4.69) is 20.4 Å². The quantitative estimate of drug-likeness (QED) is 0.517. The van der Waals surface area contributed by atoms with Gasteiger partial charge in [-0.3, -0.25) is 0 Å². The Hall–Kier alpha value is -0.400. The first-order valence-electron chi connectivity index (χ1n) is 7.00. The first-order chi connectivity index (χ1) is 7.94. The lowest BCUT2D eigenvalue weighted by molar-refractivity contribution is -0.0999. The lowest BCUT2D eigenvalue weighted by atomic mass is 9.75. The smallest absolute Gasteiger partial charge is 0.207 e. The van der Waals surface area contributed by atoms with Crippen molar-refractivity contribution in [2.75, 3.05) is 0 Å². The maximum atomic E-state index is 12.6. The maximum Gasteiger partial charge on any atom is 0.249 e. The maximum absolute atomic E-state index is 12.6. The molecule has 1 aliphatic carbocycles. The summed E-state index contributed by atoms with van der Waals surface area (Å²) in [6.45, 7) is 12.3. The van der Waals surface area contributed by atoms with Crippen LogP contribution in [0.25, 0.3) is 0 Å². The van der Waals surface area contributed by atoms with Gasteiger partial charge < -0.3 is 0 Å². The van der Waals surface area contributed by atoms with Crippen LogP contribution in [0.2, 0.25) is 0 Å². The van der Waals surface area contributed by atoms with Crippen molar-refractivity contribution in [1.82, 2.24) is 0 Å². The third kappa shape index (κ3) is 6.18. The minimum absolute atomic E-state index is 0.0357. The zero-order valence-corrected chi connectivity index (χ0v) is 11.9. The number of hydrogen-bond donors (Lipinski definition) is 0. The summed E-state index contributed by atoms with van der Waals surface area (Å²) in [5.41, 5.74) is 1.05. The summed E-state index contributed by atoms with van der Waals surface area (Å²) in [6, 6.07) is 0. The molecule has 102 valence electrons. The molecule has 0 amide bonds. The van der Waals surface area contributed by atoms with Crippen molar-refractivity contribution in [2.24, 2.45) is 11.8 Å². The van der Waals surface area contributed by atoms with Gasteiger partial charge in [-0.15, -0.1) is 0 Å². The molecule has 0 aliphatic heterocycles. The molecule has 1 unspecified atom stereocenters. The molecule has 0 aromatic heterocycles. The van der Waals surface area contributed by atoms with Gasteiger partial charge in [-0.1, -0.05) is 52.7 Å². The van der Waals surface area contributed by atoms with Gasteiger partial charge in [0.1, 0.15) is 0 Å². The standard InChI is InChI=1S/C13H22F2.C2H6/c1-4-5-10(2)6-7-11(3)12-8-13(14,15)9-12;1-2/h10,12H,3-9H2,1-2H3;1-2H3. The summed E-state index contributed by atoms with van der Waals surface area (Å²) in [6.07, 6.45) is 4.54. The zero-order chi connectivity index (χ0) is 13.5. The van der Waals surface area contributed by atoms with E-state index in [1.54, 1.807) is 0 Å². The third-order valence-electron chi connectivity index (χ3n) is 3.41. The van der Waals surface area contributed by atoms with E-state index < -0.39 is 5.92 Å². The Kier molecular flexibility index (Phi) is 7.65. The lowest BCUT2D eigenvalue weighted by Gasteiger charge is -2.36. The highest BCUT2D eigenvalue weighted by Crippen LogP contribution is 2.46. The van der Waals surface area contributed by atoms with Crippen LogP contribution in [0.1, 0.15) is 66.2 Å². The van der Waals surface area contributed by atoms with E-state index in [4.69, 9.17) is 0 Å². The first kappa shape index (κ1) is 16.6. The van der Waals surface area contributed by atoms with Gasteiger partial charge in [0.05, 0.1) is 0 Å². The minimum atomic E-state index is -2.40. The van der Waals surface area contributed by atoms with E-state index >= 15 is 0 Å². The van der Waals surface area contributed by atoms with Gasteiger partial charge in [-0.25, -0.2) is 8.78 Å². The Bertz CT molecular complexity index is 213. The van der Waals surface area contributed by atoms with E-state index in [9.17, 15) is 8.78 Å². The molecule has 1 aliphatic rings. The van der Waals surface area contributed by atoms with Gasteiger partial charge in [0.25, 0.3) is 0 Å². The molecule has 0 aromatic carbocycles. The number of alkyl halides is 2. The van der Waals surface area contributed by atoms with Crippen LogP contribution in [0, 0.1) is 11.8 Å². The molecule has 0 radical (unpaired) electrons. The van der Waals surface area contributed by atoms with Crippen LogP contribution in [-0.2, 0) is 0 Å². The minimum Gasteiger partial charge on any atom is -0.207 e. The summed E-state index contributed by atoms with van der Waals surface area (Å²) in [7, 11) is 0. The van der Waals surface area contributed by atoms with Crippen molar-refractivity contribution in [3.63, 3.8) is 0 Å². The van der Waals surface area contributed by atoms with Gasteiger partial charge in [-0.05, 0) is 24.7 Å². The molecule has 0 N–H and O–H groups in total. The SMILES string of the molecule is C=C(CCC(C)CCC)C1CC(F)(F)C1.CC. The number of hydrogen-bond acceptors (Lipinski definition) is 0. The van der Waals surface area contributed by atoms with Gasteiger partial charge in [0.2, 0.25) is 5.92 Å². The second kappa shape index (κ2) is 7.84. The van der Waals surface area contributed by atoms with Crippen molar-refractivity contribution >= 4 is 0 Å². The molecular formula is C15H28F2. The van der Waals surface area contributed by atoms with Crippen LogP contribution in [0.4, 0.5) is 8.78 Å². The van der Waals surface area contributed by atoms with Crippen LogP contribution in [0.15, 0.2) is 12.2 Å². The third-order valence-corrected chi connectivity index (χ3v) is 3.41. The van der Waals surface area contributed by atoms with E-state index in [1.165, 1.54) is 12.8 Å². The summed E-state index contributed by atoms with van der Waals surface area (Å²) < 4.78 is 25.3. The Morgan fingerprint density at radius 2 is 1.82 bits per heavy atom. The molecule has 2 heteroatoms. The Morgan fingerprint density at radius 3 is 2.24 bits per heavy atom. The fraction of sp³-hybridized carbons (Fsp3) is 0.867. The molecule has 0 heterocycles. The average molecular weight is 246 g/mol. The fourth-order valence-electron chi connectivity index (χ4n) is 2.22. The van der Waals surface area contributed by atoms with Crippen LogP contribution < -0.4 is 0 Å². The van der Waals surface area contributed by atoms with Gasteiger partial charge in [0, 0.05) is 12.8 Å². The molecule has 1 rings (SSSR count). The highest BCUT2D eigenvalue weighted by molar-refractivity contribution is 5.08. The van der Waals surface area contributed by atoms with Crippen LogP contribution in [0.5, 0.6) is 0 Å². The molecule has 0 bridgehead atoms. The van der Waals surface area contributed by atoms with E-state index in [1.807, 2.05) is 13.8 Å². The highest BCUT2D eigenvalue weighted by atomic mass is 19.3. The van der Waals surface area contributed by atoms with Crippen LogP contribution >= 0.6 is 0 Å². The van der Waals surface area contributed by atoms with E-state index in [0.29, 0.717) is 5.92 Å². The van der Waals surface area contributed by atoms with Crippen molar-refractivity contribution < 1.29 is 8.78 Å². The van der Waals surface area contributed by atoms with E-state index in [0.717, 1.165) is 18.4 Å². The van der Waals surface area contributed by atoms with Crippen molar-refractivity contribution in [2.45, 2.75) is 72.1 Å². The summed E-state index contributed by atoms with van der Waals surface area (Å²) >= 11 is 0. The van der Waals surface area contributed by atoms with Crippen LogP contribution in [-0.4, -0.2) is 5.92 Å². The molecule has 1 fully saturated rings. The van der Waals surface area contributed by atoms with Crippen molar-refractivity contribution in [1.29, 1.82) is 0 Å².